The molecule has 6 nitrogen and oxygen atoms in total. The van der Waals surface area contributed by atoms with E-state index in [9.17, 15) is 5.11 Å². The van der Waals surface area contributed by atoms with Crippen LogP contribution in [0.3, 0.4) is 0 Å². The molecular formula is C26H26N4O2. The molecule has 5 rings (SSSR count). The zero-order valence-electron chi connectivity index (χ0n) is 18.0. The summed E-state index contributed by atoms with van der Waals surface area (Å²) in [5.41, 5.74) is 6.40. The highest BCUT2D eigenvalue weighted by Crippen LogP contribution is 2.32. The Balaban J connectivity index is 1.33. The van der Waals surface area contributed by atoms with Gasteiger partial charge in [0, 0.05) is 30.9 Å². The van der Waals surface area contributed by atoms with Crippen molar-refractivity contribution >= 4 is 11.7 Å². The summed E-state index contributed by atoms with van der Waals surface area (Å²) >= 11 is 0. The van der Waals surface area contributed by atoms with Gasteiger partial charge in [-0.25, -0.2) is 0 Å². The first-order chi connectivity index (χ1) is 15.7. The first-order valence-electron chi connectivity index (χ1n) is 10.9. The van der Waals surface area contributed by atoms with E-state index in [0.717, 1.165) is 54.0 Å². The van der Waals surface area contributed by atoms with Crippen LogP contribution in [0.1, 0.15) is 17.5 Å². The Labute approximate surface area is 187 Å². The quantitative estimate of drug-likeness (QED) is 0.451. The first kappa shape index (κ1) is 20.4. The van der Waals surface area contributed by atoms with Crippen molar-refractivity contribution in [2.24, 2.45) is 0 Å². The average molecular weight is 427 g/mol. The van der Waals surface area contributed by atoms with Crippen molar-refractivity contribution < 1.29 is 9.52 Å². The maximum atomic E-state index is 9.74. The van der Waals surface area contributed by atoms with Crippen LogP contribution in [-0.2, 0) is 6.54 Å². The van der Waals surface area contributed by atoms with Gasteiger partial charge in [-0.1, -0.05) is 59.7 Å². The molecule has 2 N–H and O–H groups in total. The third kappa shape index (κ3) is 4.42. The van der Waals surface area contributed by atoms with E-state index >= 15 is 0 Å². The first-order valence-corrected chi connectivity index (χ1v) is 10.9. The minimum absolute atomic E-state index is 0.211. The molecule has 0 unspecified atom stereocenters. The lowest BCUT2D eigenvalue weighted by molar-refractivity contribution is 0.175. The van der Waals surface area contributed by atoms with Crippen LogP contribution in [0.5, 0.6) is 0 Å². The second-order valence-electron chi connectivity index (χ2n) is 8.26. The van der Waals surface area contributed by atoms with Gasteiger partial charge in [0.05, 0.1) is 6.10 Å². The van der Waals surface area contributed by atoms with Crippen LogP contribution in [0.2, 0.25) is 0 Å². The minimum atomic E-state index is -0.211. The molecule has 162 valence electrons. The smallest absolute Gasteiger partial charge is 0.320 e. The van der Waals surface area contributed by atoms with Crippen LogP contribution in [0, 0.1) is 6.92 Å². The van der Waals surface area contributed by atoms with Crippen LogP contribution in [-0.4, -0.2) is 39.4 Å². The van der Waals surface area contributed by atoms with Crippen molar-refractivity contribution in [2.45, 2.75) is 26.0 Å². The zero-order valence-corrected chi connectivity index (χ0v) is 18.0. The molecule has 4 aromatic rings. The molecule has 0 spiro atoms. The van der Waals surface area contributed by atoms with Gasteiger partial charge >= 0.3 is 6.01 Å². The van der Waals surface area contributed by atoms with Crippen molar-refractivity contribution in [3.05, 3.63) is 83.9 Å². The number of anilines is 2. The molecule has 6 heteroatoms. The molecule has 1 atom stereocenters. The summed E-state index contributed by atoms with van der Waals surface area (Å²) < 4.78 is 5.96. The number of aliphatic hydroxyl groups excluding tert-OH is 1. The number of aliphatic hydroxyl groups is 1. The van der Waals surface area contributed by atoms with Crippen molar-refractivity contribution in [1.29, 1.82) is 0 Å². The highest BCUT2D eigenvalue weighted by molar-refractivity contribution is 5.75. The summed E-state index contributed by atoms with van der Waals surface area (Å²) in [6.45, 7) is 4.54. The van der Waals surface area contributed by atoms with E-state index in [1.165, 1.54) is 5.56 Å². The molecule has 1 aromatic heterocycles. The molecule has 3 aromatic carbocycles. The van der Waals surface area contributed by atoms with E-state index in [1.807, 2.05) is 42.5 Å². The Kier molecular flexibility index (Phi) is 5.71. The summed E-state index contributed by atoms with van der Waals surface area (Å²) in [5.74, 6) is 0.491. The molecule has 0 amide bonds. The van der Waals surface area contributed by atoms with E-state index in [4.69, 9.17) is 4.42 Å². The predicted octanol–water partition coefficient (Wildman–Crippen LogP) is 5.02. The largest absolute Gasteiger partial charge is 0.403 e. The van der Waals surface area contributed by atoms with E-state index < -0.39 is 0 Å². The predicted molar refractivity (Wildman–Crippen MR) is 126 cm³/mol. The van der Waals surface area contributed by atoms with Crippen molar-refractivity contribution in [3.63, 3.8) is 0 Å². The fourth-order valence-electron chi connectivity index (χ4n) is 4.27. The number of β-amino-alcohol motifs (C(OH)–C–C–N with tert-alkyl or cyclic N) is 1. The highest BCUT2D eigenvalue weighted by Gasteiger charge is 2.20. The molecule has 0 aliphatic carbocycles. The molecule has 1 aliphatic heterocycles. The summed E-state index contributed by atoms with van der Waals surface area (Å²) in [6, 6.07) is 24.9. The van der Waals surface area contributed by atoms with Crippen molar-refractivity contribution in [2.75, 3.05) is 18.4 Å². The molecule has 2 heterocycles. The van der Waals surface area contributed by atoms with Crippen LogP contribution in [0.15, 0.2) is 77.2 Å². The second-order valence-corrected chi connectivity index (χ2v) is 8.26. The summed E-state index contributed by atoms with van der Waals surface area (Å²) in [6.07, 6.45) is 0.630. The van der Waals surface area contributed by atoms with Gasteiger partial charge in [0.15, 0.2) is 0 Å². The minimum Gasteiger partial charge on any atom is -0.403 e. The number of nitrogens with one attached hydrogen (secondary N) is 1. The fraction of sp³-hybridized carbons (Fsp3) is 0.231. The Bertz CT molecular complexity index is 1210. The summed E-state index contributed by atoms with van der Waals surface area (Å²) in [5, 5.41) is 21.4. The number of likely N-dealkylation sites (tertiary alicyclic amines) is 1. The number of rotatable bonds is 6. The number of hydrogen-bond donors (Lipinski definition) is 2. The number of hydrogen-bond acceptors (Lipinski definition) is 6. The topological polar surface area (TPSA) is 74.4 Å². The van der Waals surface area contributed by atoms with Gasteiger partial charge in [-0.3, -0.25) is 4.90 Å². The molecular weight excluding hydrogens is 400 g/mol. The van der Waals surface area contributed by atoms with Gasteiger partial charge in [-0.05, 0) is 53.8 Å². The van der Waals surface area contributed by atoms with Crippen molar-refractivity contribution in [1.82, 2.24) is 15.1 Å². The molecule has 32 heavy (non-hydrogen) atoms. The van der Waals surface area contributed by atoms with Gasteiger partial charge in [0.1, 0.15) is 0 Å². The maximum Gasteiger partial charge on any atom is 0.320 e. The van der Waals surface area contributed by atoms with E-state index in [2.05, 4.69) is 57.7 Å². The van der Waals surface area contributed by atoms with Gasteiger partial charge in [0.2, 0.25) is 5.89 Å². The number of nitrogens with zero attached hydrogens (tertiary/aromatic N) is 3. The normalized spacial score (nSPS) is 16.4. The summed E-state index contributed by atoms with van der Waals surface area (Å²) in [7, 11) is 0. The van der Waals surface area contributed by atoms with Gasteiger partial charge < -0.3 is 14.8 Å². The Morgan fingerprint density at radius 3 is 2.62 bits per heavy atom. The van der Waals surface area contributed by atoms with Crippen LogP contribution >= 0.6 is 0 Å². The Morgan fingerprint density at radius 1 is 1.00 bits per heavy atom. The standard InChI is InChI=1S/C26H26N4O2/c1-18-23(20-8-3-2-4-9-20)11-6-12-24(18)25-28-29-26(32-25)27-21-10-5-7-19(15-21)16-30-14-13-22(31)17-30/h2-12,15,22,31H,13-14,16-17H2,1H3,(H,27,29)/t22-/m1/s1. The molecule has 0 bridgehead atoms. The van der Waals surface area contributed by atoms with E-state index in [1.54, 1.807) is 0 Å². The Hall–Kier alpha value is -3.48. The maximum absolute atomic E-state index is 9.74. The second kappa shape index (κ2) is 8.94. The zero-order chi connectivity index (χ0) is 21.9. The van der Waals surface area contributed by atoms with Gasteiger partial charge in [0.25, 0.3) is 0 Å². The fourth-order valence-corrected chi connectivity index (χ4v) is 4.27. The van der Waals surface area contributed by atoms with Crippen LogP contribution in [0.4, 0.5) is 11.7 Å². The lowest BCUT2D eigenvalue weighted by Crippen LogP contribution is -2.21. The number of aromatic nitrogens is 2. The van der Waals surface area contributed by atoms with E-state index in [-0.39, 0.29) is 6.10 Å². The molecule has 1 aliphatic rings. The third-order valence-corrected chi connectivity index (χ3v) is 5.91. The monoisotopic (exact) mass is 426 g/mol. The molecule has 1 saturated heterocycles. The molecule has 1 fully saturated rings. The van der Waals surface area contributed by atoms with Gasteiger partial charge in [-0.15, -0.1) is 5.10 Å². The van der Waals surface area contributed by atoms with E-state index in [0.29, 0.717) is 11.9 Å². The van der Waals surface area contributed by atoms with Crippen LogP contribution < -0.4 is 5.32 Å². The lowest BCUT2D eigenvalue weighted by atomic mass is 9.96. The van der Waals surface area contributed by atoms with Crippen molar-refractivity contribution in [3.8, 4) is 22.6 Å². The molecule has 0 saturated carbocycles. The lowest BCUT2D eigenvalue weighted by Gasteiger charge is -2.15. The average Bonchev–Trinajstić information content (AvgIpc) is 3.43. The SMILES string of the molecule is Cc1c(-c2ccccc2)cccc1-c1nnc(Nc2cccc(CN3CC[C@@H](O)C3)c2)o1. The number of benzene rings is 3. The molecule has 0 radical (unpaired) electrons. The summed E-state index contributed by atoms with van der Waals surface area (Å²) in [4.78, 5) is 2.26. The van der Waals surface area contributed by atoms with Gasteiger partial charge in [-0.2, -0.15) is 0 Å². The highest BCUT2D eigenvalue weighted by atomic mass is 16.4. The van der Waals surface area contributed by atoms with Crippen LogP contribution in [0.25, 0.3) is 22.6 Å². The third-order valence-electron chi connectivity index (χ3n) is 5.91. The Morgan fingerprint density at radius 2 is 1.81 bits per heavy atom.